The third-order valence-corrected chi connectivity index (χ3v) is 6.68. The zero-order valence-corrected chi connectivity index (χ0v) is 20.9. The number of thiazole rings is 1. The third kappa shape index (κ3) is 4.44. The summed E-state index contributed by atoms with van der Waals surface area (Å²) in [7, 11) is 1.61. The van der Waals surface area contributed by atoms with Crippen LogP contribution in [-0.4, -0.2) is 52.3 Å². The van der Waals surface area contributed by atoms with Gasteiger partial charge in [0.25, 0.3) is 0 Å². The van der Waals surface area contributed by atoms with Crippen molar-refractivity contribution in [3.63, 3.8) is 0 Å². The summed E-state index contributed by atoms with van der Waals surface area (Å²) in [5.41, 5.74) is 0.893. The fraction of sp³-hybridized carbons (Fsp3) is 0.440. The molecule has 0 saturated carbocycles. The number of hydrogen-bond donors (Lipinski definition) is 0. The van der Waals surface area contributed by atoms with Crippen LogP contribution in [0.15, 0.2) is 35.0 Å². The van der Waals surface area contributed by atoms with Gasteiger partial charge < -0.3 is 23.5 Å². The molecule has 1 fully saturated rings. The van der Waals surface area contributed by atoms with Crippen molar-refractivity contribution in [1.29, 1.82) is 0 Å². The monoisotopic (exact) mass is 483 g/mol. The van der Waals surface area contributed by atoms with Gasteiger partial charge >= 0.3 is 6.09 Å². The number of aromatic nitrogens is 2. The van der Waals surface area contributed by atoms with Gasteiger partial charge in [-0.05, 0) is 46.6 Å². The molecule has 8 nitrogen and oxygen atoms in total. The Hall–Kier alpha value is -3.20. The Labute approximate surface area is 202 Å². The Morgan fingerprint density at radius 1 is 1.26 bits per heavy atom. The molecule has 0 N–H and O–H groups in total. The summed E-state index contributed by atoms with van der Waals surface area (Å²) >= 11 is 1.63. The molecule has 4 aromatic rings. The van der Waals surface area contributed by atoms with Crippen LogP contribution in [0.2, 0.25) is 0 Å². The second-order valence-electron chi connectivity index (χ2n) is 9.59. The molecule has 5 rings (SSSR count). The van der Waals surface area contributed by atoms with E-state index in [1.807, 2.05) is 49.6 Å². The summed E-state index contributed by atoms with van der Waals surface area (Å²) in [4.78, 5) is 21.2. The highest BCUT2D eigenvalue weighted by Crippen LogP contribution is 2.37. The number of amides is 1. The number of furan rings is 1. The number of likely N-dealkylation sites (tertiary alicyclic amines) is 1. The number of rotatable bonds is 5. The summed E-state index contributed by atoms with van der Waals surface area (Å²) < 4.78 is 25.4. The zero-order valence-electron chi connectivity index (χ0n) is 20.1. The molecule has 1 amide bonds. The molecule has 9 heteroatoms. The van der Waals surface area contributed by atoms with Crippen LogP contribution in [0.1, 0.15) is 38.5 Å². The van der Waals surface area contributed by atoms with Crippen molar-refractivity contribution in [2.45, 2.75) is 52.2 Å². The average molecular weight is 484 g/mol. The first kappa shape index (κ1) is 22.6. The molecule has 4 heterocycles. The predicted octanol–water partition coefficient (Wildman–Crippen LogP) is 5.90. The number of methoxy groups -OCH3 is 1. The van der Waals surface area contributed by atoms with Crippen molar-refractivity contribution in [1.82, 2.24) is 14.3 Å². The minimum absolute atomic E-state index is 0.0503. The molecular formula is C25H29N3O5S. The zero-order chi connectivity index (χ0) is 24.0. The first-order chi connectivity index (χ1) is 16.2. The molecule has 0 unspecified atom stereocenters. The molecular weight excluding hydrogens is 454 g/mol. The first-order valence-electron chi connectivity index (χ1n) is 11.4. The molecule has 3 aromatic heterocycles. The van der Waals surface area contributed by atoms with Crippen LogP contribution in [0.4, 0.5) is 4.79 Å². The van der Waals surface area contributed by atoms with Gasteiger partial charge in [-0.25, -0.2) is 9.78 Å². The van der Waals surface area contributed by atoms with Crippen LogP contribution in [0.3, 0.4) is 0 Å². The molecule has 1 aliphatic rings. The normalized spacial score (nSPS) is 16.5. The summed E-state index contributed by atoms with van der Waals surface area (Å²) in [6.07, 6.45) is 5.51. The van der Waals surface area contributed by atoms with Crippen molar-refractivity contribution in [3.8, 4) is 23.0 Å². The smallest absolute Gasteiger partial charge is 0.410 e. The molecule has 0 bridgehead atoms. The van der Waals surface area contributed by atoms with Gasteiger partial charge in [0.2, 0.25) is 0 Å². The van der Waals surface area contributed by atoms with Crippen LogP contribution in [0, 0.1) is 6.92 Å². The van der Waals surface area contributed by atoms with E-state index in [1.165, 1.54) is 4.88 Å². The molecule has 1 aliphatic heterocycles. The molecule has 1 atom stereocenters. The maximum absolute atomic E-state index is 12.6. The Balaban J connectivity index is 1.40. The van der Waals surface area contributed by atoms with E-state index >= 15 is 0 Å². The van der Waals surface area contributed by atoms with Gasteiger partial charge in [0, 0.05) is 35.9 Å². The quantitative estimate of drug-likeness (QED) is 0.351. The summed E-state index contributed by atoms with van der Waals surface area (Å²) in [6, 6.07) is 5.59. The number of ether oxygens (including phenoxy) is 3. The van der Waals surface area contributed by atoms with Gasteiger partial charge in [-0.15, -0.1) is 11.3 Å². The Kier molecular flexibility index (Phi) is 5.67. The largest absolute Gasteiger partial charge is 0.496 e. The van der Waals surface area contributed by atoms with Gasteiger partial charge in [0.05, 0.1) is 18.5 Å². The van der Waals surface area contributed by atoms with Crippen LogP contribution in [-0.2, 0) is 4.74 Å². The lowest BCUT2D eigenvalue weighted by molar-refractivity contribution is 0.0188. The fourth-order valence-electron chi connectivity index (χ4n) is 4.23. The summed E-state index contributed by atoms with van der Waals surface area (Å²) in [5, 5.41) is 0.838. The number of hydrogen-bond acceptors (Lipinski definition) is 7. The highest BCUT2D eigenvalue weighted by molar-refractivity contribution is 7.17. The maximum atomic E-state index is 12.6. The predicted molar refractivity (Wildman–Crippen MR) is 131 cm³/mol. The van der Waals surface area contributed by atoms with Gasteiger partial charge in [-0.1, -0.05) is 0 Å². The second-order valence-corrected chi connectivity index (χ2v) is 10.8. The Bertz CT molecular complexity index is 1310. The van der Waals surface area contributed by atoms with E-state index in [1.54, 1.807) is 23.3 Å². The number of carbonyl (C=O) groups excluding carboxylic acids is 1. The topological polar surface area (TPSA) is 78.4 Å². The van der Waals surface area contributed by atoms with Gasteiger partial charge in [0.15, 0.2) is 10.7 Å². The van der Waals surface area contributed by atoms with E-state index < -0.39 is 5.60 Å². The molecule has 0 radical (unpaired) electrons. The molecule has 1 aromatic carbocycles. The molecule has 0 spiro atoms. The molecule has 180 valence electrons. The number of benzene rings is 1. The van der Waals surface area contributed by atoms with Crippen molar-refractivity contribution in [3.05, 3.63) is 35.5 Å². The van der Waals surface area contributed by atoms with E-state index in [2.05, 4.69) is 13.1 Å². The summed E-state index contributed by atoms with van der Waals surface area (Å²) in [6.45, 7) is 8.72. The fourth-order valence-corrected chi connectivity index (χ4v) is 5.04. The number of aryl methyl sites for hydroxylation is 1. The van der Waals surface area contributed by atoms with Crippen LogP contribution < -0.4 is 9.47 Å². The Morgan fingerprint density at radius 2 is 2.09 bits per heavy atom. The van der Waals surface area contributed by atoms with Crippen molar-refractivity contribution >= 4 is 33.4 Å². The van der Waals surface area contributed by atoms with Crippen LogP contribution in [0.5, 0.6) is 11.5 Å². The highest BCUT2D eigenvalue weighted by Gasteiger charge is 2.33. The Morgan fingerprint density at radius 3 is 2.82 bits per heavy atom. The number of nitrogens with zero attached hydrogens (tertiary/aromatic N) is 3. The van der Waals surface area contributed by atoms with E-state index in [9.17, 15) is 4.79 Å². The van der Waals surface area contributed by atoms with Crippen molar-refractivity contribution < 1.29 is 23.4 Å². The van der Waals surface area contributed by atoms with Gasteiger partial charge in [-0.3, -0.25) is 4.40 Å². The lowest BCUT2D eigenvalue weighted by Gasteiger charge is -2.28. The number of fused-ring (bicyclic) bond motifs is 2. The second kappa shape index (κ2) is 8.54. The van der Waals surface area contributed by atoms with Gasteiger partial charge in [-0.2, -0.15) is 0 Å². The maximum Gasteiger partial charge on any atom is 0.410 e. The first-order valence-corrected chi connectivity index (χ1v) is 12.2. The standard InChI is InChI=1S/C25H29N3O5S/c1-15-12-27-13-19(26-23(27)34-15)22-11-18-20(9-17(30-5)10-21(18)32-22)31-14-16-7-6-8-28(16)24(29)33-25(2,3)4/h9-13,16H,6-8,14H2,1-5H3/t16-/m0/s1. The highest BCUT2D eigenvalue weighted by atomic mass is 32.1. The van der Waals surface area contributed by atoms with E-state index in [-0.39, 0.29) is 12.1 Å². The molecule has 1 saturated heterocycles. The van der Waals surface area contributed by atoms with E-state index in [4.69, 9.17) is 23.6 Å². The lowest BCUT2D eigenvalue weighted by atomic mass is 10.2. The SMILES string of the molecule is COc1cc(OC[C@@H]2CCCN2C(=O)OC(C)(C)C)c2cc(-c3cn4cc(C)sc4n3)oc2c1. The van der Waals surface area contributed by atoms with Crippen molar-refractivity contribution in [2.75, 3.05) is 20.3 Å². The van der Waals surface area contributed by atoms with Crippen LogP contribution in [0.25, 0.3) is 27.4 Å². The van der Waals surface area contributed by atoms with Crippen LogP contribution >= 0.6 is 11.3 Å². The number of imidazole rings is 1. The van der Waals surface area contributed by atoms with E-state index in [0.29, 0.717) is 36.0 Å². The molecule has 0 aliphatic carbocycles. The number of carbonyl (C=O) groups is 1. The third-order valence-electron chi connectivity index (χ3n) is 5.77. The lowest BCUT2D eigenvalue weighted by Crippen LogP contribution is -2.42. The molecule has 34 heavy (non-hydrogen) atoms. The van der Waals surface area contributed by atoms with Gasteiger partial charge in [0.1, 0.15) is 35.0 Å². The van der Waals surface area contributed by atoms with Crippen molar-refractivity contribution in [2.24, 2.45) is 0 Å². The minimum Gasteiger partial charge on any atom is -0.496 e. The van der Waals surface area contributed by atoms with E-state index in [0.717, 1.165) is 28.9 Å². The minimum atomic E-state index is -0.530. The summed E-state index contributed by atoms with van der Waals surface area (Å²) in [5.74, 6) is 1.95. The average Bonchev–Trinajstić information content (AvgIpc) is 3.52.